The Morgan fingerprint density at radius 2 is 1.05 bits per heavy atom. The summed E-state index contributed by atoms with van der Waals surface area (Å²) in [6, 6.07) is 98.3. The summed E-state index contributed by atoms with van der Waals surface area (Å²) in [5.41, 5.74) is 21.3. The summed E-state index contributed by atoms with van der Waals surface area (Å²) in [6.07, 6.45) is 3.88. The quantitative estimate of drug-likeness (QED) is 0.0955. The molecule has 91 heavy (non-hydrogen) atoms. The van der Waals surface area contributed by atoms with Crippen LogP contribution < -0.4 is 13.9 Å². The normalized spacial score (nSPS) is 14.5. The summed E-state index contributed by atoms with van der Waals surface area (Å²) >= 11 is 0. The van der Waals surface area contributed by atoms with E-state index in [-0.39, 0.29) is 42.9 Å². The molecule has 6 heteroatoms. The number of hydrogen-bond acceptors (Lipinski definition) is 2. The van der Waals surface area contributed by atoms with Crippen molar-refractivity contribution in [1.82, 2.24) is 18.7 Å². The molecule has 11 aromatic carbocycles. The van der Waals surface area contributed by atoms with Crippen molar-refractivity contribution in [2.45, 2.75) is 84.4 Å². The first-order valence-electron chi connectivity index (χ1n) is 32.7. The average Bonchev–Trinajstić information content (AvgIpc) is 1.41. The minimum absolute atomic E-state index is 0. The van der Waals surface area contributed by atoms with Gasteiger partial charge in [0.1, 0.15) is 11.5 Å². The van der Waals surface area contributed by atoms with Gasteiger partial charge in [0.25, 0.3) is 11.4 Å². The maximum atomic E-state index is 9.06. The van der Waals surface area contributed by atoms with Crippen molar-refractivity contribution in [2.75, 3.05) is 0 Å². The van der Waals surface area contributed by atoms with Crippen LogP contribution >= 0.6 is 0 Å². The second-order valence-corrected chi connectivity index (χ2v) is 26.4. The minimum atomic E-state index is -2.46. The Labute approximate surface area is 553 Å². The summed E-state index contributed by atoms with van der Waals surface area (Å²) in [7, 11) is 0. The van der Waals surface area contributed by atoms with Crippen molar-refractivity contribution in [3.8, 4) is 84.1 Å². The molecule has 3 heterocycles. The standard InChI is InChI=1S/C85H70N4O.Pt/c1-56-45-80(86-54-73(56)61-39-42-74-75(49-61)85(7,8)44-43-84(74,5)6)89-78-38-24-35-69(59-29-17-11-18-30-59)81(78)70-41-40-68(53-79(70)89)90-67-34-23-33-66(52-67)87-55-88(77-37-22-21-36-76(77)87)82-71(60-31-19-12-20-32-60)50-65(83(2,3)4)51-72(82)64-47-62(57-25-13-9-14-26-57)46-63(48-64)58-27-15-10-16-28-58;/h9-42,45-51,54H,43-44H2,1-8H3;/q;+2/i1D3;. The molecule has 2 aromatic heterocycles. The smallest absolute Gasteiger partial charge is 0.509 e. The first-order chi connectivity index (χ1) is 44.8. The first-order valence-corrected chi connectivity index (χ1v) is 31.2. The van der Waals surface area contributed by atoms with E-state index in [1.54, 1.807) is 12.3 Å². The van der Waals surface area contributed by atoms with Gasteiger partial charge in [-0.25, -0.2) is 4.98 Å². The molecular weight excluding hydrogens is 1290 g/mol. The Kier molecular flexibility index (Phi) is 14.1. The molecule has 0 radical (unpaired) electrons. The monoisotopic (exact) mass is 1360 g/mol. The molecule has 1 aliphatic carbocycles. The summed E-state index contributed by atoms with van der Waals surface area (Å²) in [4.78, 5) is 5.19. The zero-order valence-electron chi connectivity index (χ0n) is 55.2. The largest absolute Gasteiger partial charge is 2.00 e. The SMILES string of the molecule is [2H]C([2H])([2H])c1cc(-n2c3[c-]c(Oc4[c-]c([N+]5=C=[N+](c6c(-c7ccccc7)cc(C(C)(C)C)cc6-c6cc(-c7ccccc7)cc(-c7ccccc7)c6)c6ccccc65)ccc4)ccc3c3c(-c4ccccc4)cccc32)ncc1-c1ccc2c(c1)C(C)(C)CCC2(C)C.[Pt+2]. The first kappa shape index (κ1) is 55.3. The van der Waals surface area contributed by atoms with E-state index >= 15 is 0 Å². The minimum Gasteiger partial charge on any atom is -0.509 e. The summed E-state index contributed by atoms with van der Waals surface area (Å²) in [5.74, 6) is 1.39. The van der Waals surface area contributed by atoms with E-state index in [9.17, 15) is 0 Å². The van der Waals surface area contributed by atoms with Crippen molar-refractivity contribution >= 4 is 50.6 Å². The number of hydrogen-bond donors (Lipinski definition) is 0. The fraction of sp³-hybridized carbons (Fsp3) is 0.153. The van der Waals surface area contributed by atoms with Crippen LogP contribution in [0.4, 0.5) is 22.7 Å². The molecule has 1 aliphatic heterocycles. The molecule has 5 nitrogen and oxygen atoms in total. The van der Waals surface area contributed by atoms with Gasteiger partial charge < -0.3 is 9.30 Å². The maximum Gasteiger partial charge on any atom is 2.00 e. The second kappa shape index (κ2) is 23.2. The topological polar surface area (TPSA) is 33.1 Å². The van der Waals surface area contributed by atoms with Gasteiger partial charge in [0.05, 0.1) is 11.1 Å². The van der Waals surface area contributed by atoms with E-state index in [1.165, 1.54) is 16.7 Å². The number of nitrogens with zero attached hydrogens (tertiary/aromatic N) is 4. The molecule has 0 saturated heterocycles. The molecule has 0 fully saturated rings. The van der Waals surface area contributed by atoms with E-state index in [4.69, 9.17) is 13.8 Å². The van der Waals surface area contributed by atoms with Crippen LogP contribution in [0.5, 0.6) is 11.5 Å². The average molecular weight is 1360 g/mol. The van der Waals surface area contributed by atoms with Gasteiger partial charge in [0.2, 0.25) is 5.69 Å². The van der Waals surface area contributed by atoms with Crippen molar-refractivity contribution in [1.29, 1.82) is 0 Å². The van der Waals surface area contributed by atoms with Crippen LogP contribution in [-0.4, -0.2) is 15.6 Å². The number of pyridine rings is 1. The fourth-order valence-electron chi connectivity index (χ4n) is 13.6. The number of benzene rings is 11. The number of aryl methyl sites for hydroxylation is 1. The molecule has 13 aromatic rings. The van der Waals surface area contributed by atoms with Crippen LogP contribution in [0.1, 0.15) is 87.7 Å². The molecular formula is C85H70N4OPt+2. The Morgan fingerprint density at radius 3 is 1.69 bits per heavy atom. The van der Waals surface area contributed by atoms with Crippen LogP contribution in [0.15, 0.2) is 255 Å². The molecule has 2 aliphatic rings. The van der Waals surface area contributed by atoms with Crippen LogP contribution in [-0.2, 0) is 37.3 Å². The van der Waals surface area contributed by atoms with E-state index in [2.05, 4.69) is 270 Å². The van der Waals surface area contributed by atoms with Crippen LogP contribution in [0, 0.1) is 19.0 Å². The molecule has 0 N–H and O–H groups in total. The molecule has 0 unspecified atom stereocenters. The van der Waals surface area contributed by atoms with Crippen LogP contribution in [0.25, 0.3) is 94.4 Å². The predicted molar refractivity (Wildman–Crippen MR) is 375 cm³/mol. The number of ether oxygens (including phenoxy) is 1. The van der Waals surface area contributed by atoms with Crippen LogP contribution in [0.3, 0.4) is 0 Å². The third kappa shape index (κ3) is 10.8. The van der Waals surface area contributed by atoms with Gasteiger partial charge >= 0.3 is 27.1 Å². The zero-order chi connectivity index (χ0) is 64.0. The number of rotatable bonds is 11. The van der Waals surface area contributed by atoms with Gasteiger partial charge in [-0.1, -0.05) is 234 Å². The van der Waals surface area contributed by atoms with Gasteiger partial charge in [0, 0.05) is 45.0 Å². The van der Waals surface area contributed by atoms with E-state index in [0.717, 1.165) is 113 Å². The van der Waals surface area contributed by atoms with E-state index in [0.29, 0.717) is 28.4 Å². The molecule has 0 bridgehead atoms. The number of aromatic nitrogens is 2. The Balaban J connectivity index is 0.00000763. The number of para-hydroxylation sites is 2. The fourth-order valence-corrected chi connectivity index (χ4v) is 13.6. The zero-order valence-corrected chi connectivity index (χ0v) is 54.4. The van der Waals surface area contributed by atoms with Gasteiger partial charge in [-0.3, -0.25) is 0 Å². The van der Waals surface area contributed by atoms with Crippen molar-refractivity contribution in [3.05, 3.63) is 289 Å². The summed E-state index contributed by atoms with van der Waals surface area (Å²) < 4.78 is 40.4. The molecule has 444 valence electrons. The van der Waals surface area contributed by atoms with Crippen LogP contribution in [0.2, 0.25) is 0 Å². The second-order valence-electron chi connectivity index (χ2n) is 26.4. The van der Waals surface area contributed by atoms with Crippen molar-refractivity contribution in [2.24, 2.45) is 0 Å². The van der Waals surface area contributed by atoms with E-state index < -0.39 is 6.85 Å². The maximum absolute atomic E-state index is 9.06. The van der Waals surface area contributed by atoms with Gasteiger partial charge in [-0.05, 0) is 161 Å². The number of fused-ring (bicyclic) bond motifs is 5. The van der Waals surface area contributed by atoms with Crippen molar-refractivity contribution in [3.63, 3.8) is 0 Å². The summed E-state index contributed by atoms with van der Waals surface area (Å²) in [6.45, 7) is 13.6. The summed E-state index contributed by atoms with van der Waals surface area (Å²) in [5, 5.41) is 1.91. The Morgan fingerprint density at radius 1 is 0.495 bits per heavy atom. The molecule has 0 amide bonds. The van der Waals surface area contributed by atoms with Crippen molar-refractivity contribution < 1.29 is 29.9 Å². The Hall–Kier alpha value is -9.76. The molecule has 15 rings (SSSR count). The third-order valence-corrected chi connectivity index (χ3v) is 18.6. The van der Waals surface area contributed by atoms with Gasteiger partial charge in [0.15, 0.2) is 0 Å². The molecule has 0 saturated carbocycles. The predicted octanol–water partition coefficient (Wildman–Crippen LogP) is 22.4. The third-order valence-electron chi connectivity index (χ3n) is 18.6. The van der Waals surface area contributed by atoms with Gasteiger partial charge in [-0.2, -0.15) is 12.1 Å². The van der Waals surface area contributed by atoms with E-state index in [1.807, 2.05) is 53.1 Å². The van der Waals surface area contributed by atoms with Gasteiger partial charge in [-0.15, -0.1) is 23.6 Å². The molecule has 0 atom stereocenters. The Bertz CT molecular complexity index is 5120. The molecule has 0 spiro atoms.